The lowest BCUT2D eigenvalue weighted by molar-refractivity contribution is -0.385. The van der Waals surface area contributed by atoms with Gasteiger partial charge in [0.05, 0.1) is 26.0 Å². The summed E-state index contributed by atoms with van der Waals surface area (Å²) in [6.07, 6.45) is 0. The topological polar surface area (TPSA) is 89.7 Å². The summed E-state index contributed by atoms with van der Waals surface area (Å²) in [4.78, 5) is 21.0. The summed E-state index contributed by atoms with van der Waals surface area (Å²) in [5.74, 6) is -0.884. The van der Waals surface area contributed by atoms with Crippen molar-refractivity contribution in [2.75, 3.05) is 0 Å². The predicted octanol–water partition coefficient (Wildman–Crippen LogP) is 1.67. The molecule has 1 rings (SSSR count). The standard InChI is InChI=1S/C8H8NO5P/c1-4(10)5-2-7(11)8(14-15)3-6(5)9(12)13/h2-3,11H,15H2,1H3. The molecule has 1 unspecified atom stereocenters. The van der Waals surface area contributed by atoms with E-state index in [4.69, 9.17) is 0 Å². The van der Waals surface area contributed by atoms with E-state index in [1.165, 1.54) is 6.92 Å². The summed E-state index contributed by atoms with van der Waals surface area (Å²) >= 11 is 0. The minimum atomic E-state index is -0.705. The van der Waals surface area contributed by atoms with Crippen LogP contribution >= 0.6 is 9.47 Å². The zero-order chi connectivity index (χ0) is 11.6. The fourth-order valence-corrected chi connectivity index (χ4v) is 1.27. The third-order valence-electron chi connectivity index (χ3n) is 1.78. The van der Waals surface area contributed by atoms with Gasteiger partial charge in [-0.1, -0.05) is 0 Å². The van der Waals surface area contributed by atoms with E-state index in [1.807, 2.05) is 9.47 Å². The second-order valence-corrected chi connectivity index (χ2v) is 3.00. The van der Waals surface area contributed by atoms with Gasteiger partial charge in [0.15, 0.2) is 17.3 Å². The monoisotopic (exact) mass is 229 g/mol. The Bertz CT molecular complexity index is 431. The number of nitro groups is 1. The van der Waals surface area contributed by atoms with Gasteiger partial charge in [-0.25, -0.2) is 0 Å². The molecular formula is C8H8NO5P. The number of nitrogens with zero attached hydrogens (tertiary/aromatic N) is 1. The molecule has 0 amide bonds. The maximum atomic E-state index is 11.1. The summed E-state index contributed by atoms with van der Waals surface area (Å²) in [7, 11) is 1.85. The SMILES string of the molecule is CC(=O)c1cc(O)c(OP)cc1[N+](=O)[O-]. The van der Waals surface area contributed by atoms with E-state index in [0.29, 0.717) is 0 Å². The van der Waals surface area contributed by atoms with Crippen molar-refractivity contribution in [3.8, 4) is 11.5 Å². The van der Waals surface area contributed by atoms with E-state index in [-0.39, 0.29) is 17.1 Å². The van der Waals surface area contributed by atoms with Gasteiger partial charge in [0.2, 0.25) is 0 Å². The normalized spacial score (nSPS) is 9.73. The Balaban J connectivity index is 3.45. The number of hydrogen-bond donors (Lipinski definition) is 1. The van der Waals surface area contributed by atoms with E-state index >= 15 is 0 Å². The summed E-state index contributed by atoms with van der Waals surface area (Å²) in [6.45, 7) is 1.18. The average molecular weight is 229 g/mol. The number of ketones is 1. The van der Waals surface area contributed by atoms with Crippen molar-refractivity contribution in [2.45, 2.75) is 6.92 Å². The van der Waals surface area contributed by atoms with Gasteiger partial charge in [0, 0.05) is 6.07 Å². The molecule has 0 bridgehead atoms. The molecule has 1 aromatic rings. The highest BCUT2D eigenvalue weighted by atomic mass is 31.0. The van der Waals surface area contributed by atoms with Crippen LogP contribution in [0.4, 0.5) is 5.69 Å². The molecule has 0 saturated carbocycles. The lowest BCUT2D eigenvalue weighted by atomic mass is 10.1. The molecule has 0 heterocycles. The first kappa shape index (κ1) is 11.4. The molecular weight excluding hydrogens is 221 g/mol. The Morgan fingerprint density at radius 1 is 1.60 bits per heavy atom. The second kappa shape index (κ2) is 4.23. The van der Waals surface area contributed by atoms with Crippen molar-refractivity contribution < 1.29 is 19.3 Å². The molecule has 15 heavy (non-hydrogen) atoms. The number of benzene rings is 1. The van der Waals surface area contributed by atoms with Crippen LogP contribution in [0.2, 0.25) is 0 Å². The Kier molecular flexibility index (Phi) is 3.21. The van der Waals surface area contributed by atoms with Gasteiger partial charge >= 0.3 is 0 Å². The van der Waals surface area contributed by atoms with Gasteiger partial charge in [-0.3, -0.25) is 14.9 Å². The number of rotatable bonds is 3. The van der Waals surface area contributed by atoms with Crippen LogP contribution in [0.5, 0.6) is 11.5 Å². The largest absolute Gasteiger partial charge is 0.504 e. The maximum absolute atomic E-state index is 11.1. The van der Waals surface area contributed by atoms with Crippen LogP contribution in [0.3, 0.4) is 0 Å². The van der Waals surface area contributed by atoms with Gasteiger partial charge in [-0.2, -0.15) is 0 Å². The molecule has 0 radical (unpaired) electrons. The molecule has 0 aliphatic rings. The number of carbonyl (C=O) groups is 1. The van der Waals surface area contributed by atoms with Crippen molar-refractivity contribution in [2.24, 2.45) is 0 Å². The molecule has 6 nitrogen and oxygen atoms in total. The van der Waals surface area contributed by atoms with E-state index in [9.17, 15) is 20.0 Å². The molecule has 0 aliphatic heterocycles. The number of carbonyl (C=O) groups excluding carboxylic acids is 1. The summed E-state index contributed by atoms with van der Waals surface area (Å²) in [5.41, 5.74) is -0.541. The lowest BCUT2D eigenvalue weighted by Gasteiger charge is -2.05. The first-order valence-electron chi connectivity index (χ1n) is 3.86. The minimum Gasteiger partial charge on any atom is -0.504 e. The van der Waals surface area contributed by atoms with Crippen molar-refractivity contribution in [1.29, 1.82) is 0 Å². The Morgan fingerprint density at radius 2 is 2.20 bits per heavy atom. The summed E-state index contributed by atoms with van der Waals surface area (Å²) in [6, 6.07) is 2.01. The highest BCUT2D eigenvalue weighted by molar-refractivity contribution is 7.10. The quantitative estimate of drug-likeness (QED) is 0.368. The zero-order valence-electron chi connectivity index (χ0n) is 7.76. The van der Waals surface area contributed by atoms with Crippen LogP contribution in [-0.2, 0) is 0 Å². The van der Waals surface area contributed by atoms with Crippen molar-refractivity contribution in [3.63, 3.8) is 0 Å². The molecule has 1 aromatic carbocycles. The number of nitro benzene ring substituents is 1. The maximum Gasteiger partial charge on any atom is 0.284 e. The first-order chi connectivity index (χ1) is 6.97. The van der Waals surface area contributed by atoms with E-state index in [2.05, 4.69) is 4.52 Å². The van der Waals surface area contributed by atoms with Crippen LogP contribution in [0.15, 0.2) is 12.1 Å². The molecule has 7 heteroatoms. The zero-order valence-corrected chi connectivity index (χ0v) is 8.91. The van der Waals surface area contributed by atoms with Gasteiger partial charge < -0.3 is 9.63 Å². The number of aromatic hydroxyl groups is 1. The lowest BCUT2D eigenvalue weighted by Crippen LogP contribution is -2.00. The van der Waals surface area contributed by atoms with Crippen LogP contribution in [0.1, 0.15) is 17.3 Å². The van der Waals surface area contributed by atoms with Crippen molar-refractivity contribution in [1.82, 2.24) is 0 Å². The summed E-state index contributed by atoms with van der Waals surface area (Å²) in [5, 5.41) is 19.9. The molecule has 0 aromatic heterocycles. The van der Waals surface area contributed by atoms with Gasteiger partial charge in [0.25, 0.3) is 5.69 Å². The summed E-state index contributed by atoms with van der Waals surface area (Å²) < 4.78 is 4.62. The Hall–Kier alpha value is -1.68. The third-order valence-corrected chi connectivity index (χ3v) is 2.03. The third kappa shape index (κ3) is 2.22. The van der Waals surface area contributed by atoms with Gasteiger partial charge in [-0.15, -0.1) is 0 Å². The number of hydrogen-bond acceptors (Lipinski definition) is 5. The predicted molar refractivity (Wildman–Crippen MR) is 55.1 cm³/mol. The van der Waals surface area contributed by atoms with E-state index in [0.717, 1.165) is 12.1 Å². The van der Waals surface area contributed by atoms with Crippen LogP contribution in [-0.4, -0.2) is 15.8 Å². The highest BCUT2D eigenvalue weighted by Crippen LogP contribution is 2.34. The number of Topliss-reactive ketones (excluding diaryl/α,β-unsaturated/α-hetero) is 1. The highest BCUT2D eigenvalue weighted by Gasteiger charge is 2.21. The molecule has 0 saturated heterocycles. The van der Waals surface area contributed by atoms with Crippen LogP contribution in [0, 0.1) is 10.1 Å². The van der Waals surface area contributed by atoms with Gasteiger partial charge in [-0.05, 0) is 6.92 Å². The molecule has 1 atom stereocenters. The molecule has 0 spiro atoms. The molecule has 0 fully saturated rings. The fraction of sp³-hybridized carbons (Fsp3) is 0.125. The number of phenolic OH excluding ortho intramolecular Hbond substituents is 1. The minimum absolute atomic E-state index is 0.0725. The Labute approximate surface area is 87.3 Å². The first-order valence-corrected chi connectivity index (χ1v) is 4.33. The fourth-order valence-electron chi connectivity index (χ4n) is 1.09. The van der Waals surface area contributed by atoms with Crippen molar-refractivity contribution >= 4 is 20.9 Å². The van der Waals surface area contributed by atoms with Crippen molar-refractivity contribution in [3.05, 3.63) is 27.8 Å². The molecule has 80 valence electrons. The van der Waals surface area contributed by atoms with E-state index in [1.54, 1.807) is 0 Å². The van der Waals surface area contributed by atoms with E-state index < -0.39 is 16.4 Å². The smallest absolute Gasteiger partial charge is 0.284 e. The molecule has 0 aliphatic carbocycles. The molecule has 1 N–H and O–H groups in total. The Morgan fingerprint density at radius 3 is 2.60 bits per heavy atom. The van der Waals surface area contributed by atoms with Crippen LogP contribution < -0.4 is 4.52 Å². The number of phenols is 1. The van der Waals surface area contributed by atoms with Gasteiger partial charge in [0.1, 0.15) is 0 Å². The van der Waals surface area contributed by atoms with Crippen LogP contribution in [0.25, 0.3) is 0 Å². The average Bonchev–Trinajstić information content (AvgIpc) is 2.16. The second-order valence-electron chi connectivity index (χ2n) is 2.77.